The van der Waals surface area contributed by atoms with Gasteiger partial charge in [-0.3, -0.25) is 0 Å². The first kappa shape index (κ1) is 27.8. The Hall–Kier alpha value is -4.34. The number of aliphatic hydroxyl groups excluding tert-OH is 1. The first-order chi connectivity index (χ1) is 20.7. The summed E-state index contributed by atoms with van der Waals surface area (Å²) in [4.78, 5) is 0. The Kier molecular flexibility index (Phi) is 8.67. The average molecular weight is 554 g/mol. The van der Waals surface area contributed by atoms with Crippen LogP contribution in [0.4, 0.5) is 0 Å². The number of hydrogen-bond donors (Lipinski definition) is 1. The molecule has 0 aliphatic rings. The largest absolute Gasteiger partial charge is 0.494 e. The van der Waals surface area contributed by atoms with Crippen LogP contribution in [0.1, 0.15) is 44.1 Å². The predicted molar refractivity (Wildman–Crippen MR) is 177 cm³/mol. The van der Waals surface area contributed by atoms with Crippen LogP contribution in [0.2, 0.25) is 0 Å². The summed E-state index contributed by atoms with van der Waals surface area (Å²) in [6.45, 7) is 3.20. The van der Waals surface area contributed by atoms with Crippen LogP contribution in [-0.2, 0) is 0 Å². The van der Waals surface area contributed by atoms with Gasteiger partial charge in [-0.25, -0.2) is 0 Å². The van der Waals surface area contributed by atoms with Crippen molar-refractivity contribution in [2.24, 2.45) is 0 Å². The summed E-state index contributed by atoms with van der Waals surface area (Å²) < 4.78 is 8.48. The zero-order valence-electron chi connectivity index (χ0n) is 24.4. The second-order valence-electron chi connectivity index (χ2n) is 11.2. The zero-order valence-corrected chi connectivity index (χ0v) is 24.4. The number of benzene rings is 5. The molecular formula is C39H39NO2. The highest BCUT2D eigenvalue weighted by Gasteiger charge is 2.16. The standard InChI is InChI=1S/C39H39NO2/c1-29-17-23-38(35(27-29)31-18-21-33(22-19-31)42-26-12-5-3-2-4-11-25-41)40-37-16-10-9-15-34(37)36-28-32(20-24-39(36)40)30-13-7-6-8-14-30/h6-10,13-24,27-28,41H,2-5,11-12,25-26H2,1H3. The number of hydrogen-bond acceptors (Lipinski definition) is 2. The van der Waals surface area contributed by atoms with Crippen molar-refractivity contribution in [2.75, 3.05) is 13.2 Å². The van der Waals surface area contributed by atoms with E-state index in [1.807, 2.05) is 0 Å². The van der Waals surface area contributed by atoms with Gasteiger partial charge in [-0.2, -0.15) is 0 Å². The quantitative estimate of drug-likeness (QED) is 0.153. The number of fused-ring (bicyclic) bond motifs is 3. The molecular weight excluding hydrogens is 514 g/mol. The fourth-order valence-electron chi connectivity index (χ4n) is 5.96. The van der Waals surface area contributed by atoms with Gasteiger partial charge in [0.15, 0.2) is 0 Å². The maximum absolute atomic E-state index is 8.91. The van der Waals surface area contributed by atoms with E-state index in [-0.39, 0.29) is 0 Å². The molecule has 0 bridgehead atoms. The molecule has 0 amide bonds. The highest BCUT2D eigenvalue weighted by Crippen LogP contribution is 2.38. The smallest absolute Gasteiger partial charge is 0.119 e. The lowest BCUT2D eigenvalue weighted by Crippen LogP contribution is -1.99. The van der Waals surface area contributed by atoms with Crippen LogP contribution in [0.5, 0.6) is 5.75 Å². The predicted octanol–water partition coefficient (Wildman–Crippen LogP) is 10.1. The lowest BCUT2D eigenvalue weighted by molar-refractivity contribution is 0.280. The highest BCUT2D eigenvalue weighted by atomic mass is 16.5. The second-order valence-corrected chi connectivity index (χ2v) is 11.2. The van der Waals surface area contributed by atoms with Crippen LogP contribution in [-0.4, -0.2) is 22.9 Å². The monoisotopic (exact) mass is 553 g/mol. The SMILES string of the molecule is Cc1ccc(-n2c3ccccc3c3cc(-c4ccccc4)ccc32)c(-c2ccc(OCCCCCCCCO)cc2)c1. The Balaban J connectivity index is 1.30. The lowest BCUT2D eigenvalue weighted by atomic mass is 10.0. The van der Waals surface area contributed by atoms with Crippen LogP contribution in [0.25, 0.3) is 49.7 Å². The number of ether oxygens (including phenoxy) is 1. The summed E-state index contributed by atoms with van der Waals surface area (Å²) in [6.07, 6.45) is 6.65. The van der Waals surface area contributed by atoms with E-state index in [1.165, 1.54) is 74.6 Å². The third kappa shape index (κ3) is 5.98. The summed E-state index contributed by atoms with van der Waals surface area (Å²) in [5.74, 6) is 0.915. The van der Waals surface area contributed by atoms with Gasteiger partial charge in [0, 0.05) is 22.9 Å². The van der Waals surface area contributed by atoms with Crippen molar-refractivity contribution in [3.63, 3.8) is 0 Å². The molecule has 0 spiro atoms. The highest BCUT2D eigenvalue weighted by molar-refractivity contribution is 6.11. The molecule has 1 heterocycles. The van der Waals surface area contributed by atoms with Crippen molar-refractivity contribution in [3.05, 3.63) is 121 Å². The number of aromatic nitrogens is 1. The molecule has 42 heavy (non-hydrogen) atoms. The molecule has 6 rings (SSSR count). The van der Waals surface area contributed by atoms with Gasteiger partial charge in [0.2, 0.25) is 0 Å². The third-order valence-corrected chi connectivity index (χ3v) is 8.16. The Labute approximate surface area is 249 Å². The maximum Gasteiger partial charge on any atom is 0.119 e. The minimum atomic E-state index is 0.303. The number of rotatable bonds is 12. The molecule has 0 aliphatic heterocycles. The summed E-state index contributed by atoms with van der Waals surface area (Å²) in [5.41, 5.74) is 9.67. The van der Waals surface area contributed by atoms with E-state index < -0.39 is 0 Å². The molecule has 0 radical (unpaired) electrons. The zero-order chi connectivity index (χ0) is 28.7. The molecule has 0 aliphatic carbocycles. The van der Waals surface area contributed by atoms with Gasteiger partial charge in [-0.05, 0) is 78.9 Å². The Bertz CT molecular complexity index is 1770. The van der Waals surface area contributed by atoms with Crippen molar-refractivity contribution < 1.29 is 9.84 Å². The minimum Gasteiger partial charge on any atom is -0.494 e. The van der Waals surface area contributed by atoms with E-state index in [4.69, 9.17) is 9.84 Å². The fourth-order valence-corrected chi connectivity index (χ4v) is 5.96. The molecule has 1 aromatic heterocycles. The van der Waals surface area contributed by atoms with Crippen LogP contribution in [0.3, 0.4) is 0 Å². The van der Waals surface area contributed by atoms with E-state index in [9.17, 15) is 0 Å². The Morgan fingerprint density at radius 1 is 0.571 bits per heavy atom. The van der Waals surface area contributed by atoms with Gasteiger partial charge in [0.1, 0.15) is 5.75 Å². The summed E-state index contributed by atoms with van der Waals surface area (Å²) in [5, 5.41) is 11.4. The van der Waals surface area contributed by atoms with Crippen LogP contribution < -0.4 is 4.74 Å². The van der Waals surface area contributed by atoms with Gasteiger partial charge in [0.05, 0.1) is 23.3 Å². The second kappa shape index (κ2) is 13.1. The third-order valence-electron chi connectivity index (χ3n) is 8.16. The molecule has 0 unspecified atom stereocenters. The summed E-state index contributed by atoms with van der Waals surface area (Å²) >= 11 is 0. The van der Waals surface area contributed by atoms with Crippen molar-refractivity contribution in [1.29, 1.82) is 0 Å². The van der Waals surface area contributed by atoms with Gasteiger partial charge in [0.25, 0.3) is 0 Å². The van der Waals surface area contributed by atoms with Crippen LogP contribution in [0.15, 0.2) is 115 Å². The number of unbranched alkanes of at least 4 members (excludes halogenated alkanes) is 5. The van der Waals surface area contributed by atoms with E-state index in [1.54, 1.807) is 0 Å². The first-order valence-electron chi connectivity index (χ1n) is 15.3. The van der Waals surface area contributed by atoms with E-state index in [2.05, 4.69) is 127 Å². The van der Waals surface area contributed by atoms with Crippen molar-refractivity contribution in [2.45, 2.75) is 45.4 Å². The Morgan fingerprint density at radius 2 is 1.26 bits per heavy atom. The molecule has 6 aromatic rings. The van der Waals surface area contributed by atoms with Gasteiger partial charge >= 0.3 is 0 Å². The normalized spacial score (nSPS) is 11.4. The maximum atomic E-state index is 8.91. The van der Waals surface area contributed by atoms with Gasteiger partial charge in [-0.15, -0.1) is 0 Å². The Morgan fingerprint density at radius 3 is 2.07 bits per heavy atom. The van der Waals surface area contributed by atoms with Crippen molar-refractivity contribution in [3.8, 4) is 33.7 Å². The molecule has 1 N–H and O–H groups in total. The number of para-hydroxylation sites is 1. The minimum absolute atomic E-state index is 0.303. The molecule has 3 nitrogen and oxygen atoms in total. The van der Waals surface area contributed by atoms with Crippen molar-refractivity contribution >= 4 is 21.8 Å². The van der Waals surface area contributed by atoms with E-state index in [0.29, 0.717) is 6.61 Å². The number of nitrogens with zero attached hydrogens (tertiary/aromatic N) is 1. The molecule has 212 valence electrons. The molecule has 0 saturated heterocycles. The van der Waals surface area contributed by atoms with Gasteiger partial charge < -0.3 is 14.4 Å². The van der Waals surface area contributed by atoms with E-state index in [0.717, 1.165) is 31.6 Å². The van der Waals surface area contributed by atoms with Crippen LogP contribution in [0, 0.1) is 6.92 Å². The topological polar surface area (TPSA) is 34.4 Å². The molecule has 5 aromatic carbocycles. The average Bonchev–Trinajstić information content (AvgIpc) is 3.36. The van der Waals surface area contributed by atoms with Crippen LogP contribution >= 0.6 is 0 Å². The molecule has 0 atom stereocenters. The molecule has 0 saturated carbocycles. The lowest BCUT2D eigenvalue weighted by Gasteiger charge is -2.16. The summed E-state index contributed by atoms with van der Waals surface area (Å²) in [7, 11) is 0. The first-order valence-corrected chi connectivity index (χ1v) is 15.3. The van der Waals surface area contributed by atoms with Gasteiger partial charge in [-0.1, -0.05) is 104 Å². The summed E-state index contributed by atoms with van der Waals surface area (Å²) in [6, 6.07) is 41.5. The van der Waals surface area contributed by atoms with Crippen molar-refractivity contribution in [1.82, 2.24) is 4.57 Å². The van der Waals surface area contributed by atoms with E-state index >= 15 is 0 Å². The molecule has 0 fully saturated rings. The number of aliphatic hydroxyl groups is 1. The number of aryl methyl sites for hydroxylation is 1. The fraction of sp³-hybridized carbons (Fsp3) is 0.231. The molecule has 3 heteroatoms.